The van der Waals surface area contributed by atoms with Gasteiger partial charge in [0.25, 0.3) is 5.91 Å². The van der Waals surface area contributed by atoms with Crippen LogP contribution in [0.15, 0.2) is 18.2 Å². The highest BCUT2D eigenvalue weighted by atomic mass is 16.2. The molecule has 2 amide bonds. The number of nitrogen functional groups attached to an aromatic ring is 1. The van der Waals surface area contributed by atoms with Crippen LogP contribution in [0.5, 0.6) is 0 Å². The summed E-state index contributed by atoms with van der Waals surface area (Å²) in [6.07, 6.45) is 2.09. The number of aryl methyl sites for hydroxylation is 1. The van der Waals surface area contributed by atoms with E-state index in [2.05, 4.69) is 5.32 Å². The molecular weight excluding hydrogens is 254 g/mol. The van der Waals surface area contributed by atoms with Crippen molar-refractivity contribution in [3.8, 4) is 0 Å². The fourth-order valence-electron chi connectivity index (χ4n) is 2.33. The third-order valence-electron chi connectivity index (χ3n) is 3.68. The van der Waals surface area contributed by atoms with Crippen LogP contribution in [0.3, 0.4) is 0 Å². The van der Waals surface area contributed by atoms with Gasteiger partial charge in [-0.1, -0.05) is 6.07 Å². The summed E-state index contributed by atoms with van der Waals surface area (Å²) in [7, 11) is 0. The number of nitrogens with zero attached hydrogens (tertiary/aromatic N) is 1. The molecule has 20 heavy (non-hydrogen) atoms. The topological polar surface area (TPSA) is 75.4 Å². The fraction of sp³-hybridized carbons (Fsp3) is 0.467. The molecule has 1 aromatic rings. The Morgan fingerprint density at radius 3 is 2.55 bits per heavy atom. The molecule has 1 saturated heterocycles. The Morgan fingerprint density at radius 1 is 1.30 bits per heavy atom. The number of hydrogen-bond acceptors (Lipinski definition) is 3. The zero-order valence-electron chi connectivity index (χ0n) is 12.0. The zero-order chi connectivity index (χ0) is 14.7. The smallest absolute Gasteiger partial charge is 0.251 e. The van der Waals surface area contributed by atoms with Crippen LogP contribution in [-0.4, -0.2) is 35.8 Å². The molecule has 3 N–H and O–H groups in total. The highest BCUT2D eigenvalue weighted by Gasteiger charge is 2.24. The first-order valence-corrected chi connectivity index (χ1v) is 6.95. The molecule has 108 valence electrons. The number of nitrogens with one attached hydrogen (secondary N) is 1. The van der Waals surface area contributed by atoms with Gasteiger partial charge < -0.3 is 16.0 Å². The Kier molecular flexibility index (Phi) is 4.27. The Balaban J connectivity index is 1.99. The van der Waals surface area contributed by atoms with Crippen molar-refractivity contribution in [2.45, 2.75) is 32.7 Å². The molecular formula is C15H21N3O2. The van der Waals surface area contributed by atoms with Gasteiger partial charge in [-0.3, -0.25) is 9.59 Å². The van der Waals surface area contributed by atoms with Gasteiger partial charge in [0.05, 0.1) is 0 Å². The Labute approximate surface area is 119 Å². The molecule has 5 nitrogen and oxygen atoms in total. The van der Waals surface area contributed by atoms with Crippen molar-refractivity contribution in [2.24, 2.45) is 0 Å². The second-order valence-corrected chi connectivity index (χ2v) is 5.30. The second kappa shape index (κ2) is 5.94. The molecule has 0 aliphatic carbocycles. The first-order chi connectivity index (χ1) is 9.49. The van der Waals surface area contributed by atoms with Crippen molar-refractivity contribution in [3.05, 3.63) is 29.3 Å². The minimum Gasteiger partial charge on any atom is -0.398 e. The molecule has 1 unspecified atom stereocenters. The molecule has 1 aromatic carbocycles. The number of benzene rings is 1. The highest BCUT2D eigenvalue weighted by Crippen LogP contribution is 2.13. The summed E-state index contributed by atoms with van der Waals surface area (Å²) in [4.78, 5) is 26.0. The molecule has 5 heteroatoms. The molecule has 1 atom stereocenters. The Morgan fingerprint density at radius 2 is 1.95 bits per heavy atom. The van der Waals surface area contributed by atoms with Crippen molar-refractivity contribution < 1.29 is 9.59 Å². The van der Waals surface area contributed by atoms with Gasteiger partial charge in [-0.15, -0.1) is 0 Å². The third-order valence-corrected chi connectivity index (χ3v) is 3.68. The largest absolute Gasteiger partial charge is 0.398 e. The standard InChI is InChI=1S/C15H21N3O2/c1-10-5-6-12(9-13(10)16)14(19)17-11(2)15(20)18-7-3-4-8-18/h5-6,9,11H,3-4,7-8,16H2,1-2H3,(H,17,19). The maximum absolute atomic E-state index is 12.1. The van der Waals surface area contributed by atoms with Gasteiger partial charge in [0.15, 0.2) is 0 Å². The van der Waals surface area contributed by atoms with E-state index in [0.717, 1.165) is 31.5 Å². The normalized spacial score (nSPS) is 16.0. The summed E-state index contributed by atoms with van der Waals surface area (Å²) in [6.45, 7) is 5.18. The van der Waals surface area contributed by atoms with Gasteiger partial charge >= 0.3 is 0 Å². The summed E-state index contributed by atoms with van der Waals surface area (Å²) < 4.78 is 0. The highest BCUT2D eigenvalue weighted by molar-refractivity contribution is 5.98. The zero-order valence-corrected chi connectivity index (χ0v) is 12.0. The SMILES string of the molecule is Cc1ccc(C(=O)NC(C)C(=O)N2CCCC2)cc1N. The van der Waals surface area contributed by atoms with E-state index in [1.54, 1.807) is 30.0 Å². The number of rotatable bonds is 3. The van der Waals surface area contributed by atoms with E-state index in [4.69, 9.17) is 5.73 Å². The lowest BCUT2D eigenvalue weighted by Crippen LogP contribution is -2.45. The van der Waals surface area contributed by atoms with Crippen LogP contribution in [0, 0.1) is 6.92 Å². The predicted octanol–water partition coefficient (Wildman–Crippen LogP) is 1.32. The average molecular weight is 275 g/mol. The molecule has 1 fully saturated rings. The average Bonchev–Trinajstić information content (AvgIpc) is 2.94. The minimum atomic E-state index is -0.511. The van der Waals surface area contributed by atoms with E-state index < -0.39 is 6.04 Å². The Bertz CT molecular complexity index is 522. The van der Waals surface area contributed by atoms with E-state index in [1.807, 2.05) is 6.92 Å². The van der Waals surface area contributed by atoms with Crippen LogP contribution in [-0.2, 0) is 4.79 Å². The molecule has 2 rings (SSSR count). The lowest BCUT2D eigenvalue weighted by molar-refractivity contribution is -0.131. The maximum atomic E-state index is 12.1. The van der Waals surface area contributed by atoms with Gasteiger partial charge in [0.1, 0.15) is 6.04 Å². The number of carbonyl (C=O) groups is 2. The molecule has 1 heterocycles. The summed E-state index contributed by atoms with van der Waals surface area (Å²) in [5.74, 6) is -0.285. The van der Waals surface area contributed by atoms with Crippen molar-refractivity contribution in [2.75, 3.05) is 18.8 Å². The number of likely N-dealkylation sites (tertiary alicyclic amines) is 1. The van der Waals surface area contributed by atoms with Gasteiger partial charge in [-0.2, -0.15) is 0 Å². The molecule has 0 radical (unpaired) electrons. The molecule has 1 aliphatic heterocycles. The number of nitrogens with two attached hydrogens (primary N) is 1. The van der Waals surface area contributed by atoms with Gasteiger partial charge in [0.2, 0.25) is 5.91 Å². The van der Waals surface area contributed by atoms with E-state index >= 15 is 0 Å². The van der Waals surface area contributed by atoms with Crippen LogP contribution in [0.25, 0.3) is 0 Å². The molecule has 0 bridgehead atoms. The van der Waals surface area contributed by atoms with Crippen molar-refractivity contribution in [3.63, 3.8) is 0 Å². The lowest BCUT2D eigenvalue weighted by Gasteiger charge is -2.21. The molecule has 0 spiro atoms. The first kappa shape index (κ1) is 14.4. The number of hydrogen-bond donors (Lipinski definition) is 2. The van der Waals surface area contributed by atoms with E-state index in [1.165, 1.54) is 0 Å². The lowest BCUT2D eigenvalue weighted by atomic mass is 10.1. The molecule has 1 aliphatic rings. The van der Waals surface area contributed by atoms with Crippen LogP contribution in [0.4, 0.5) is 5.69 Å². The van der Waals surface area contributed by atoms with Gasteiger partial charge in [-0.05, 0) is 44.4 Å². The van der Waals surface area contributed by atoms with Crippen molar-refractivity contribution >= 4 is 17.5 Å². The second-order valence-electron chi connectivity index (χ2n) is 5.30. The van der Waals surface area contributed by atoms with E-state index in [0.29, 0.717) is 11.3 Å². The van der Waals surface area contributed by atoms with E-state index in [9.17, 15) is 9.59 Å². The summed E-state index contributed by atoms with van der Waals surface area (Å²) in [6, 6.07) is 4.64. The summed E-state index contributed by atoms with van der Waals surface area (Å²) >= 11 is 0. The molecule has 0 saturated carbocycles. The quantitative estimate of drug-likeness (QED) is 0.817. The fourth-order valence-corrected chi connectivity index (χ4v) is 2.33. The van der Waals surface area contributed by atoms with Crippen LogP contribution in [0.1, 0.15) is 35.7 Å². The minimum absolute atomic E-state index is 0.0177. The predicted molar refractivity (Wildman–Crippen MR) is 78.3 cm³/mol. The van der Waals surface area contributed by atoms with Crippen molar-refractivity contribution in [1.82, 2.24) is 10.2 Å². The van der Waals surface area contributed by atoms with Crippen LogP contribution < -0.4 is 11.1 Å². The number of carbonyl (C=O) groups excluding carboxylic acids is 2. The van der Waals surface area contributed by atoms with E-state index in [-0.39, 0.29) is 11.8 Å². The maximum Gasteiger partial charge on any atom is 0.251 e. The van der Waals surface area contributed by atoms with Crippen LogP contribution >= 0.6 is 0 Å². The monoisotopic (exact) mass is 275 g/mol. The summed E-state index contributed by atoms with van der Waals surface area (Å²) in [5, 5.41) is 2.73. The first-order valence-electron chi connectivity index (χ1n) is 6.95. The van der Waals surface area contributed by atoms with Gasteiger partial charge in [-0.25, -0.2) is 0 Å². The number of anilines is 1. The van der Waals surface area contributed by atoms with Crippen LogP contribution in [0.2, 0.25) is 0 Å². The number of amides is 2. The molecule has 0 aromatic heterocycles. The summed E-state index contributed by atoms with van der Waals surface area (Å²) in [5.41, 5.74) is 7.79. The Hall–Kier alpha value is -2.04. The van der Waals surface area contributed by atoms with Gasteiger partial charge in [0, 0.05) is 24.3 Å². The van der Waals surface area contributed by atoms with Crippen molar-refractivity contribution in [1.29, 1.82) is 0 Å². The third kappa shape index (κ3) is 3.10.